The van der Waals surface area contributed by atoms with Gasteiger partial charge < -0.3 is 0 Å². The lowest BCUT2D eigenvalue weighted by atomic mass is 10.3. The van der Waals surface area contributed by atoms with Crippen LogP contribution in [0.15, 0.2) is 12.3 Å². The van der Waals surface area contributed by atoms with Crippen molar-refractivity contribution in [1.82, 2.24) is 14.6 Å². The van der Waals surface area contributed by atoms with Gasteiger partial charge in [-0.3, -0.25) is 4.70 Å². The largest absolute Gasteiger partial charge is 0.269 e. The van der Waals surface area contributed by atoms with Crippen molar-refractivity contribution in [1.29, 1.82) is 0 Å². The summed E-state index contributed by atoms with van der Waals surface area (Å²) in [5.74, 6) is 0. The summed E-state index contributed by atoms with van der Waals surface area (Å²) < 4.78 is 1.58. The fourth-order valence-electron chi connectivity index (χ4n) is 1.19. The zero-order valence-corrected chi connectivity index (χ0v) is 8.88. The number of hydrogen-bond acceptors (Lipinski definition) is 2. The van der Waals surface area contributed by atoms with Crippen molar-refractivity contribution >= 4 is 28.8 Å². The third kappa shape index (κ3) is 1.67. The van der Waals surface area contributed by atoms with Crippen LogP contribution in [0.1, 0.15) is 12.5 Å². The SMILES string of the molecule is CCc1cnn2c(Cl)cc(Cl)nc12.F. The molecular formula is C8H8Cl2FN3. The Morgan fingerprint density at radius 2 is 2.14 bits per heavy atom. The normalized spacial score (nSPS) is 10.2. The highest BCUT2D eigenvalue weighted by Gasteiger charge is 2.07. The summed E-state index contributed by atoms with van der Waals surface area (Å²) in [6.45, 7) is 2.04. The minimum Gasteiger partial charge on any atom is -0.269 e. The van der Waals surface area contributed by atoms with Gasteiger partial charge in [0.25, 0.3) is 0 Å². The van der Waals surface area contributed by atoms with Gasteiger partial charge in [-0.1, -0.05) is 30.1 Å². The Morgan fingerprint density at radius 3 is 2.79 bits per heavy atom. The lowest BCUT2D eigenvalue weighted by Crippen LogP contribution is -1.93. The molecule has 2 rings (SSSR count). The van der Waals surface area contributed by atoms with Gasteiger partial charge >= 0.3 is 0 Å². The van der Waals surface area contributed by atoms with Crippen molar-refractivity contribution in [3.63, 3.8) is 0 Å². The quantitative estimate of drug-likeness (QED) is 0.712. The zero-order chi connectivity index (χ0) is 9.42. The highest BCUT2D eigenvalue weighted by atomic mass is 35.5. The molecule has 0 aliphatic heterocycles. The van der Waals surface area contributed by atoms with Crippen molar-refractivity contribution in [2.24, 2.45) is 0 Å². The Balaban J connectivity index is 0.000000980. The third-order valence-corrected chi connectivity index (χ3v) is 2.31. The molecule has 2 heterocycles. The van der Waals surface area contributed by atoms with Crippen molar-refractivity contribution in [2.45, 2.75) is 13.3 Å². The van der Waals surface area contributed by atoms with E-state index in [1.54, 1.807) is 16.8 Å². The number of hydrogen-bond donors (Lipinski definition) is 0. The molecule has 0 aromatic carbocycles. The molecule has 0 fully saturated rings. The molecule has 76 valence electrons. The van der Waals surface area contributed by atoms with Gasteiger partial charge in [0.1, 0.15) is 10.3 Å². The first kappa shape index (κ1) is 11.2. The first-order chi connectivity index (χ1) is 6.22. The van der Waals surface area contributed by atoms with E-state index >= 15 is 0 Å². The van der Waals surface area contributed by atoms with Gasteiger partial charge in [0, 0.05) is 11.6 Å². The molecule has 0 N–H and O–H groups in total. The Morgan fingerprint density at radius 1 is 1.43 bits per heavy atom. The molecule has 0 spiro atoms. The predicted octanol–water partition coefficient (Wildman–Crippen LogP) is 2.75. The monoisotopic (exact) mass is 235 g/mol. The lowest BCUT2D eigenvalue weighted by molar-refractivity contribution is 0.940. The minimum atomic E-state index is 0. The molecule has 0 aliphatic rings. The van der Waals surface area contributed by atoms with Crippen LogP contribution in [0.5, 0.6) is 0 Å². The van der Waals surface area contributed by atoms with Crippen LogP contribution in [0.4, 0.5) is 4.70 Å². The van der Waals surface area contributed by atoms with Gasteiger partial charge in [-0.25, -0.2) is 9.50 Å². The van der Waals surface area contributed by atoms with Crippen LogP contribution in [0.2, 0.25) is 10.3 Å². The molecule has 0 bridgehead atoms. The van der Waals surface area contributed by atoms with Crippen molar-refractivity contribution in [2.75, 3.05) is 0 Å². The van der Waals surface area contributed by atoms with Crippen LogP contribution in [0, 0.1) is 0 Å². The molecule has 0 saturated heterocycles. The predicted molar refractivity (Wildman–Crippen MR) is 54.9 cm³/mol. The first-order valence-corrected chi connectivity index (χ1v) is 4.66. The van der Waals surface area contributed by atoms with Crippen molar-refractivity contribution in [3.8, 4) is 0 Å². The van der Waals surface area contributed by atoms with Gasteiger partial charge in [-0.05, 0) is 6.42 Å². The van der Waals surface area contributed by atoms with Crippen LogP contribution < -0.4 is 0 Å². The summed E-state index contributed by atoms with van der Waals surface area (Å²) in [6.07, 6.45) is 2.62. The molecule has 0 saturated carbocycles. The van der Waals surface area contributed by atoms with Gasteiger partial charge in [-0.15, -0.1) is 0 Å². The maximum atomic E-state index is 5.91. The van der Waals surface area contributed by atoms with Crippen LogP contribution in [0.25, 0.3) is 5.65 Å². The average Bonchev–Trinajstić information content (AvgIpc) is 2.47. The van der Waals surface area contributed by atoms with E-state index in [1.807, 2.05) is 6.92 Å². The molecule has 0 unspecified atom stereocenters. The molecule has 0 atom stereocenters. The second-order valence-electron chi connectivity index (χ2n) is 2.66. The molecule has 14 heavy (non-hydrogen) atoms. The van der Waals surface area contributed by atoms with Crippen LogP contribution in [-0.2, 0) is 6.42 Å². The van der Waals surface area contributed by atoms with E-state index in [0.717, 1.165) is 17.6 Å². The van der Waals surface area contributed by atoms with E-state index in [-0.39, 0.29) is 4.70 Å². The van der Waals surface area contributed by atoms with E-state index < -0.39 is 0 Å². The molecule has 2 aromatic rings. The summed E-state index contributed by atoms with van der Waals surface area (Å²) in [7, 11) is 0. The molecule has 0 aliphatic carbocycles. The van der Waals surface area contributed by atoms with Crippen LogP contribution in [-0.4, -0.2) is 14.6 Å². The number of nitrogens with zero attached hydrogens (tertiary/aromatic N) is 3. The van der Waals surface area contributed by atoms with Gasteiger partial charge in [-0.2, -0.15) is 5.10 Å². The Labute approximate surface area is 90.0 Å². The maximum absolute atomic E-state index is 5.91. The topological polar surface area (TPSA) is 30.2 Å². The molecule has 2 aromatic heterocycles. The van der Waals surface area contributed by atoms with Gasteiger partial charge in [0.15, 0.2) is 5.65 Å². The fraction of sp³-hybridized carbons (Fsp3) is 0.250. The Kier molecular flexibility index (Phi) is 3.29. The number of aryl methyl sites for hydroxylation is 1. The van der Waals surface area contributed by atoms with Crippen molar-refractivity contribution in [3.05, 3.63) is 28.1 Å². The van der Waals surface area contributed by atoms with E-state index in [2.05, 4.69) is 10.1 Å². The van der Waals surface area contributed by atoms with Gasteiger partial charge in [0.2, 0.25) is 0 Å². The average molecular weight is 236 g/mol. The number of rotatable bonds is 1. The zero-order valence-electron chi connectivity index (χ0n) is 7.37. The molecule has 3 nitrogen and oxygen atoms in total. The van der Waals surface area contributed by atoms with E-state index in [0.29, 0.717) is 10.3 Å². The van der Waals surface area contributed by atoms with E-state index in [1.165, 1.54) is 0 Å². The number of halogens is 3. The van der Waals surface area contributed by atoms with Crippen LogP contribution in [0.3, 0.4) is 0 Å². The lowest BCUT2D eigenvalue weighted by Gasteiger charge is -1.97. The molecular weight excluding hydrogens is 228 g/mol. The maximum Gasteiger partial charge on any atom is 0.161 e. The summed E-state index contributed by atoms with van der Waals surface area (Å²) in [4.78, 5) is 4.15. The summed E-state index contributed by atoms with van der Waals surface area (Å²) >= 11 is 11.7. The number of fused-ring (bicyclic) bond motifs is 1. The Hall–Kier alpha value is -0.870. The minimum absolute atomic E-state index is 0. The highest BCUT2D eigenvalue weighted by molar-refractivity contribution is 6.33. The van der Waals surface area contributed by atoms with Crippen molar-refractivity contribution < 1.29 is 4.70 Å². The standard InChI is InChI=1S/C8H7Cl2N3.FH/c1-2-5-4-11-13-7(10)3-6(9)12-8(5)13;/h3-4H,2H2,1H3;1H. The smallest absolute Gasteiger partial charge is 0.161 e. The summed E-state index contributed by atoms with van der Waals surface area (Å²) in [5, 5.41) is 4.97. The second kappa shape index (κ2) is 4.11. The van der Waals surface area contributed by atoms with Gasteiger partial charge in [0.05, 0.1) is 6.20 Å². The first-order valence-electron chi connectivity index (χ1n) is 3.91. The number of aromatic nitrogens is 3. The highest BCUT2D eigenvalue weighted by Crippen LogP contribution is 2.18. The Bertz CT molecular complexity index is 455. The van der Waals surface area contributed by atoms with E-state index in [4.69, 9.17) is 23.2 Å². The summed E-state index contributed by atoms with van der Waals surface area (Å²) in [5.41, 5.74) is 1.78. The fourth-order valence-corrected chi connectivity index (χ4v) is 1.66. The second-order valence-corrected chi connectivity index (χ2v) is 3.43. The molecule has 0 radical (unpaired) electrons. The van der Waals surface area contributed by atoms with E-state index in [9.17, 15) is 0 Å². The third-order valence-electron chi connectivity index (χ3n) is 1.85. The summed E-state index contributed by atoms with van der Waals surface area (Å²) in [6, 6.07) is 1.57. The molecule has 6 heteroatoms. The van der Waals surface area contributed by atoms with Crippen LogP contribution >= 0.6 is 23.2 Å². The molecule has 0 amide bonds.